The summed E-state index contributed by atoms with van der Waals surface area (Å²) >= 11 is 0. The summed E-state index contributed by atoms with van der Waals surface area (Å²) in [6, 6.07) is 1.99. The van der Waals surface area contributed by atoms with Gasteiger partial charge in [0, 0.05) is 13.0 Å². The third kappa shape index (κ3) is 5.45. The molecule has 2 nitrogen and oxygen atoms in total. The van der Waals surface area contributed by atoms with E-state index in [1.165, 1.54) is 0 Å². The fourth-order valence-corrected chi connectivity index (χ4v) is 0.253. The van der Waals surface area contributed by atoms with Crippen LogP contribution >= 0.6 is 0 Å². The molecule has 0 rings (SSSR count). The molecule has 39 valence electrons. The Hall–Kier alpha value is -0.550. The molecule has 0 aromatic rings. The minimum atomic E-state index is 0.565. The van der Waals surface area contributed by atoms with Crippen molar-refractivity contribution < 1.29 is 4.74 Å². The molecule has 0 saturated heterocycles. The second kappa shape index (κ2) is 5.45. The van der Waals surface area contributed by atoms with Gasteiger partial charge in [-0.3, -0.25) is 0 Å². The minimum Gasteiger partial charge on any atom is -0.379 e. The van der Waals surface area contributed by atoms with Crippen LogP contribution in [-0.2, 0) is 4.74 Å². The normalized spacial score (nSPS) is 8.00. The molecule has 7 heavy (non-hydrogen) atoms. The zero-order valence-corrected chi connectivity index (χ0v) is 4.18. The lowest BCUT2D eigenvalue weighted by atomic mass is 10.4. The van der Waals surface area contributed by atoms with Crippen LogP contribution in [0.15, 0.2) is 0 Å². The summed E-state index contributed by atoms with van der Waals surface area (Å²) in [4.78, 5) is 0. The van der Waals surface area contributed by atoms with Crippen molar-refractivity contribution in [3.63, 3.8) is 0 Å². The van der Waals surface area contributed by atoms with E-state index in [2.05, 4.69) is 11.8 Å². The molecule has 0 bridgehead atoms. The summed E-state index contributed by atoms with van der Waals surface area (Å²) in [6.07, 6.45) is 1.36. The maximum Gasteiger partial charge on any atom is 0.0700 e. The summed E-state index contributed by atoms with van der Waals surface area (Å²) < 4.78 is 4.44. The van der Waals surface area contributed by atoms with Crippen LogP contribution in [0, 0.1) is 18.4 Å². The Morgan fingerprint density at radius 2 is 2.43 bits per heavy atom. The van der Waals surface area contributed by atoms with Gasteiger partial charge in [-0.15, -0.1) is 0 Å². The predicted molar refractivity (Wildman–Crippen MR) is 26.2 cm³/mol. The third-order valence-electron chi connectivity index (χ3n) is 0.577. The first kappa shape index (κ1) is 6.45. The van der Waals surface area contributed by atoms with Gasteiger partial charge in [0.25, 0.3) is 0 Å². The second-order valence-corrected chi connectivity index (χ2v) is 1.17. The van der Waals surface area contributed by atoms with Gasteiger partial charge in [-0.25, -0.2) is 0 Å². The summed E-state index contributed by atoms with van der Waals surface area (Å²) in [5.41, 5.74) is 0. The lowest BCUT2D eigenvalue weighted by molar-refractivity contribution is 0.239. The van der Waals surface area contributed by atoms with Gasteiger partial charge < -0.3 is 4.74 Å². The van der Waals surface area contributed by atoms with Crippen molar-refractivity contribution in [1.29, 1.82) is 5.26 Å². The summed E-state index contributed by atoms with van der Waals surface area (Å²) in [7, 11) is 3.15. The van der Waals surface area contributed by atoms with Gasteiger partial charge in [-0.2, -0.15) is 5.26 Å². The van der Waals surface area contributed by atoms with Crippen LogP contribution in [0.1, 0.15) is 12.8 Å². The predicted octanol–water partition coefficient (Wildman–Crippen LogP) is 1.10. The van der Waals surface area contributed by atoms with Gasteiger partial charge >= 0.3 is 0 Å². The van der Waals surface area contributed by atoms with Crippen LogP contribution in [-0.4, -0.2) is 6.61 Å². The molecule has 2 heteroatoms. The smallest absolute Gasteiger partial charge is 0.0700 e. The summed E-state index contributed by atoms with van der Waals surface area (Å²) in [5, 5.41) is 7.97. The van der Waals surface area contributed by atoms with E-state index in [1.807, 2.05) is 6.07 Å². The molecule has 0 aliphatic heterocycles. The van der Waals surface area contributed by atoms with E-state index < -0.39 is 0 Å². The Kier molecular flexibility index (Phi) is 5.02. The van der Waals surface area contributed by atoms with Gasteiger partial charge in [-0.1, -0.05) is 0 Å². The topological polar surface area (TPSA) is 33.0 Å². The van der Waals surface area contributed by atoms with E-state index in [4.69, 9.17) is 5.26 Å². The van der Waals surface area contributed by atoms with Gasteiger partial charge in [-0.05, 0) is 6.42 Å². The molecule has 0 spiro atoms. The summed E-state index contributed by atoms with van der Waals surface area (Å²) in [5.74, 6) is 0. The Labute approximate surface area is 43.7 Å². The second-order valence-electron chi connectivity index (χ2n) is 1.17. The first-order valence-electron chi connectivity index (χ1n) is 2.15. The molecular formula is C5H8NO. The van der Waals surface area contributed by atoms with Gasteiger partial charge in [0.15, 0.2) is 0 Å². The number of hydrogen-bond acceptors (Lipinski definition) is 2. The van der Waals surface area contributed by atoms with Gasteiger partial charge in [0.2, 0.25) is 0 Å². The van der Waals surface area contributed by atoms with E-state index in [1.54, 1.807) is 0 Å². The van der Waals surface area contributed by atoms with E-state index in [0.29, 0.717) is 13.0 Å². The third-order valence-corrected chi connectivity index (χ3v) is 0.577. The molecular weight excluding hydrogens is 90.1 g/mol. The standard InChI is InChI=1S/C5H8NO/c1-7-5-3-2-4-6/h1-3,5H2. The molecule has 0 N–H and O–H groups in total. The zero-order valence-electron chi connectivity index (χ0n) is 4.18. The quantitative estimate of drug-likeness (QED) is 0.495. The number of rotatable bonds is 3. The van der Waals surface area contributed by atoms with Crippen molar-refractivity contribution >= 4 is 0 Å². The van der Waals surface area contributed by atoms with Crippen LogP contribution in [0.3, 0.4) is 0 Å². The SMILES string of the molecule is [CH2]OCCCC#N. The van der Waals surface area contributed by atoms with Crippen LogP contribution in [0.2, 0.25) is 0 Å². The molecule has 0 aliphatic carbocycles. The number of ether oxygens (including phenoxy) is 1. The molecule has 0 heterocycles. The Balaban J connectivity index is 2.60. The average molecular weight is 98.1 g/mol. The van der Waals surface area contributed by atoms with Crippen LogP contribution in [0.25, 0.3) is 0 Å². The van der Waals surface area contributed by atoms with Crippen molar-refractivity contribution in [2.45, 2.75) is 12.8 Å². The maximum atomic E-state index is 7.97. The highest BCUT2D eigenvalue weighted by atomic mass is 16.5. The fraction of sp³-hybridized carbons (Fsp3) is 0.600. The molecule has 1 radical (unpaired) electrons. The highest BCUT2D eigenvalue weighted by Crippen LogP contribution is 1.84. The van der Waals surface area contributed by atoms with Crippen LogP contribution in [0.4, 0.5) is 0 Å². The average Bonchev–Trinajstić information content (AvgIpc) is 1.69. The minimum absolute atomic E-state index is 0.565. The number of nitriles is 1. The molecule has 0 aromatic carbocycles. The van der Waals surface area contributed by atoms with E-state index in [-0.39, 0.29) is 0 Å². The monoisotopic (exact) mass is 98.1 g/mol. The molecule has 0 aromatic heterocycles. The summed E-state index contributed by atoms with van der Waals surface area (Å²) in [6.45, 7) is 0.591. The van der Waals surface area contributed by atoms with Crippen LogP contribution in [0.5, 0.6) is 0 Å². The Morgan fingerprint density at radius 1 is 1.71 bits per heavy atom. The van der Waals surface area contributed by atoms with Crippen molar-refractivity contribution in [1.82, 2.24) is 0 Å². The first-order chi connectivity index (χ1) is 3.41. The Bertz CT molecular complexity index is 65.0. The Morgan fingerprint density at radius 3 is 2.86 bits per heavy atom. The molecule has 0 aliphatic rings. The molecule has 0 atom stereocenters. The number of unbranched alkanes of at least 4 members (excludes halogenated alkanes) is 1. The fourth-order valence-electron chi connectivity index (χ4n) is 0.253. The van der Waals surface area contributed by atoms with E-state index >= 15 is 0 Å². The van der Waals surface area contributed by atoms with Gasteiger partial charge in [0.1, 0.15) is 0 Å². The number of nitrogens with zero attached hydrogens (tertiary/aromatic N) is 1. The largest absolute Gasteiger partial charge is 0.379 e. The molecule has 0 fully saturated rings. The maximum absolute atomic E-state index is 7.97. The molecule has 0 amide bonds. The zero-order chi connectivity index (χ0) is 5.54. The van der Waals surface area contributed by atoms with E-state index in [9.17, 15) is 0 Å². The lowest BCUT2D eigenvalue weighted by Gasteiger charge is -1.87. The van der Waals surface area contributed by atoms with E-state index in [0.717, 1.165) is 6.42 Å². The van der Waals surface area contributed by atoms with Crippen molar-refractivity contribution in [3.8, 4) is 6.07 Å². The highest BCUT2D eigenvalue weighted by molar-refractivity contribution is 4.67. The first-order valence-corrected chi connectivity index (χ1v) is 2.15. The van der Waals surface area contributed by atoms with Crippen molar-refractivity contribution in [3.05, 3.63) is 7.11 Å². The van der Waals surface area contributed by atoms with Crippen LogP contribution < -0.4 is 0 Å². The highest BCUT2D eigenvalue weighted by Gasteiger charge is 1.79. The molecule has 0 unspecified atom stereocenters. The van der Waals surface area contributed by atoms with Gasteiger partial charge in [0.05, 0.1) is 13.2 Å². The lowest BCUT2D eigenvalue weighted by Crippen LogP contribution is -1.82. The van der Waals surface area contributed by atoms with Crippen molar-refractivity contribution in [2.24, 2.45) is 0 Å². The number of hydrogen-bond donors (Lipinski definition) is 0. The van der Waals surface area contributed by atoms with Crippen molar-refractivity contribution in [2.75, 3.05) is 6.61 Å². The molecule has 0 saturated carbocycles.